The first kappa shape index (κ1) is 30.8. The van der Waals surface area contributed by atoms with Crippen LogP contribution >= 0.6 is 0 Å². The number of nitrogens with two attached hydrogens (primary N) is 1. The number of anilines is 1. The number of fused-ring (bicyclic) bond motifs is 2. The van der Waals surface area contributed by atoms with Gasteiger partial charge in [0.05, 0.1) is 40.9 Å². The molecule has 0 radical (unpaired) electrons. The molecule has 13 nitrogen and oxygen atoms in total. The van der Waals surface area contributed by atoms with Gasteiger partial charge in [0.1, 0.15) is 11.4 Å². The molecule has 7 rings (SSSR count). The molecule has 6 aromatic rings. The number of carbonyl (C=O) groups excluding carboxylic acids is 1. The highest BCUT2D eigenvalue weighted by Crippen LogP contribution is 2.22. The van der Waals surface area contributed by atoms with Gasteiger partial charge in [-0.3, -0.25) is 23.7 Å². The Bertz CT molecular complexity index is 2240. The van der Waals surface area contributed by atoms with Gasteiger partial charge < -0.3 is 16.0 Å². The van der Waals surface area contributed by atoms with E-state index in [9.17, 15) is 9.59 Å². The summed E-state index contributed by atoms with van der Waals surface area (Å²) in [7, 11) is 2.15. The Morgan fingerprint density at radius 2 is 1.83 bits per heavy atom. The molecule has 2 aromatic carbocycles. The van der Waals surface area contributed by atoms with Crippen LogP contribution in [0.25, 0.3) is 22.2 Å². The van der Waals surface area contributed by atoms with Crippen LogP contribution in [0.2, 0.25) is 0 Å². The number of likely N-dealkylation sites (N-methyl/N-ethyl adjacent to an activating group) is 1. The van der Waals surface area contributed by atoms with E-state index in [-0.39, 0.29) is 16.9 Å². The Morgan fingerprint density at radius 3 is 2.65 bits per heavy atom. The van der Waals surface area contributed by atoms with E-state index in [1.165, 1.54) is 9.08 Å². The highest BCUT2D eigenvalue weighted by atomic mass is 16.2. The number of benzene rings is 2. The van der Waals surface area contributed by atoms with Gasteiger partial charge in [-0.1, -0.05) is 36.1 Å². The maximum Gasteiger partial charge on any atom is 0.267 e. The van der Waals surface area contributed by atoms with E-state index in [1.807, 2.05) is 53.3 Å². The summed E-state index contributed by atoms with van der Waals surface area (Å²) in [4.78, 5) is 41.8. The van der Waals surface area contributed by atoms with Crippen LogP contribution in [0.15, 0.2) is 84.2 Å². The Labute approximate surface area is 276 Å². The van der Waals surface area contributed by atoms with Crippen molar-refractivity contribution in [1.29, 1.82) is 0 Å². The van der Waals surface area contributed by atoms with Gasteiger partial charge in [0.2, 0.25) is 0 Å². The van der Waals surface area contributed by atoms with Gasteiger partial charge in [0, 0.05) is 56.9 Å². The molecule has 1 fully saturated rings. The van der Waals surface area contributed by atoms with Crippen LogP contribution in [0.5, 0.6) is 0 Å². The maximum atomic E-state index is 14.4. The second-order valence-corrected chi connectivity index (χ2v) is 11.9. The largest absolute Gasteiger partial charge is 0.381 e. The Morgan fingerprint density at radius 1 is 1.02 bits per heavy atom. The molecule has 1 amide bonds. The summed E-state index contributed by atoms with van der Waals surface area (Å²) < 4.78 is 4.88. The van der Waals surface area contributed by atoms with E-state index < -0.39 is 11.9 Å². The number of nitrogens with zero attached hydrogens (tertiary/aromatic N) is 9. The zero-order chi connectivity index (χ0) is 33.2. The maximum absolute atomic E-state index is 14.4. The van der Waals surface area contributed by atoms with E-state index in [2.05, 4.69) is 49.2 Å². The monoisotopic (exact) mass is 641 g/mol. The van der Waals surface area contributed by atoms with Gasteiger partial charge in [0.15, 0.2) is 11.5 Å². The molecule has 1 unspecified atom stereocenters. The van der Waals surface area contributed by atoms with Gasteiger partial charge in [-0.2, -0.15) is 5.10 Å². The Balaban J connectivity index is 1.20. The molecule has 1 aliphatic rings. The number of nitrogen functional groups attached to an aromatic ring is 1. The summed E-state index contributed by atoms with van der Waals surface area (Å²) in [6.45, 7) is 7.75. The molecule has 1 saturated heterocycles. The molecule has 0 saturated carbocycles. The summed E-state index contributed by atoms with van der Waals surface area (Å²) in [5.74, 6) is 6.31. The fourth-order valence-corrected chi connectivity index (χ4v) is 5.93. The first-order valence-corrected chi connectivity index (χ1v) is 15.8. The number of rotatable bonds is 7. The first-order valence-electron chi connectivity index (χ1n) is 15.8. The van der Waals surface area contributed by atoms with Gasteiger partial charge in [0.25, 0.3) is 11.5 Å². The first-order chi connectivity index (χ1) is 23.4. The van der Waals surface area contributed by atoms with E-state index >= 15 is 0 Å². The van der Waals surface area contributed by atoms with Crippen molar-refractivity contribution >= 4 is 28.3 Å². The van der Waals surface area contributed by atoms with E-state index in [1.54, 1.807) is 37.6 Å². The van der Waals surface area contributed by atoms with E-state index in [0.717, 1.165) is 44.8 Å². The lowest BCUT2D eigenvalue weighted by atomic mass is 10.1. The van der Waals surface area contributed by atoms with Crippen LogP contribution in [0.1, 0.15) is 40.3 Å². The number of hydrogen-bond acceptors (Lipinski definition) is 9. The van der Waals surface area contributed by atoms with Crippen molar-refractivity contribution in [3.63, 3.8) is 0 Å². The minimum absolute atomic E-state index is 0.0501. The number of nitrogens with one attached hydrogen (secondary N) is 1. The SMILES string of the molecule is CC(NC(=O)c1c(N)nn2cccnc12)c1nc2cccc(C#Cc3cnn(CCN4CCN(C)CC4)c3)c2c(=O)n1-c1ccccc1. The minimum atomic E-state index is -0.695. The fourth-order valence-electron chi connectivity index (χ4n) is 5.93. The Kier molecular flexibility index (Phi) is 8.41. The molecule has 0 spiro atoms. The predicted molar refractivity (Wildman–Crippen MR) is 183 cm³/mol. The number of amides is 1. The smallest absolute Gasteiger partial charge is 0.267 e. The van der Waals surface area contributed by atoms with Crippen molar-refractivity contribution < 1.29 is 4.79 Å². The highest BCUT2D eigenvalue weighted by Gasteiger charge is 2.25. The number of para-hydroxylation sites is 1. The molecular formula is C35H35N11O2. The number of piperazine rings is 1. The molecule has 4 aromatic heterocycles. The summed E-state index contributed by atoms with van der Waals surface area (Å²) in [5.41, 5.74) is 8.67. The molecule has 242 valence electrons. The molecule has 5 heterocycles. The van der Waals surface area contributed by atoms with E-state index in [0.29, 0.717) is 33.6 Å². The molecule has 1 atom stereocenters. The van der Waals surface area contributed by atoms with Gasteiger partial charge in [-0.15, -0.1) is 5.10 Å². The lowest BCUT2D eigenvalue weighted by Gasteiger charge is -2.32. The van der Waals surface area contributed by atoms with Crippen LogP contribution < -0.4 is 16.6 Å². The molecule has 0 aliphatic carbocycles. The van der Waals surface area contributed by atoms with Gasteiger partial charge >= 0.3 is 0 Å². The second-order valence-electron chi connectivity index (χ2n) is 11.9. The molecule has 3 N–H and O–H groups in total. The molecule has 0 bridgehead atoms. The average Bonchev–Trinajstić information content (AvgIpc) is 3.70. The topological polar surface area (TPSA) is 144 Å². The lowest BCUT2D eigenvalue weighted by molar-refractivity contribution is 0.0940. The van der Waals surface area contributed by atoms with Crippen molar-refractivity contribution in [2.24, 2.45) is 0 Å². The second kappa shape index (κ2) is 13.1. The molecular weight excluding hydrogens is 606 g/mol. The summed E-state index contributed by atoms with van der Waals surface area (Å²) >= 11 is 0. The third-order valence-corrected chi connectivity index (χ3v) is 8.54. The van der Waals surface area contributed by atoms with Crippen molar-refractivity contribution in [1.82, 2.24) is 49.0 Å². The van der Waals surface area contributed by atoms with Gasteiger partial charge in [-0.05, 0) is 44.3 Å². The normalized spacial score (nSPS) is 14.5. The van der Waals surface area contributed by atoms with Crippen molar-refractivity contribution in [2.45, 2.75) is 19.5 Å². The number of hydrogen-bond donors (Lipinski definition) is 2. The zero-order valence-electron chi connectivity index (χ0n) is 26.7. The summed E-state index contributed by atoms with van der Waals surface area (Å²) in [6.07, 6.45) is 6.91. The quantitative estimate of drug-likeness (QED) is 0.251. The van der Waals surface area contributed by atoms with Crippen molar-refractivity contribution in [3.8, 4) is 17.5 Å². The van der Waals surface area contributed by atoms with Crippen molar-refractivity contribution in [2.75, 3.05) is 45.5 Å². The third kappa shape index (κ3) is 6.14. The zero-order valence-corrected chi connectivity index (χ0v) is 26.7. The third-order valence-electron chi connectivity index (χ3n) is 8.54. The standard InChI is InChI=1S/C35H35N11O2/c1-24(39-34(47)30-31(36)41-45-15-7-14-37-33(30)45)32-40-28-11-6-8-26(29(28)35(48)46(32)27-9-4-3-5-10-27)13-12-25-22-38-44(23-25)21-20-43-18-16-42(2)17-19-43/h3-11,14-15,22-24H,16-21H2,1-2H3,(H2,36,41)(H,39,47). The highest BCUT2D eigenvalue weighted by molar-refractivity contribution is 6.04. The fraction of sp³-hybridized carbons (Fsp3) is 0.257. The van der Waals surface area contributed by atoms with Crippen LogP contribution in [-0.4, -0.2) is 89.4 Å². The van der Waals surface area contributed by atoms with Gasteiger partial charge in [-0.25, -0.2) is 14.5 Å². The number of carbonyl (C=O) groups is 1. The van der Waals surface area contributed by atoms with Crippen LogP contribution in [0, 0.1) is 11.8 Å². The van der Waals surface area contributed by atoms with Crippen LogP contribution in [-0.2, 0) is 6.54 Å². The van der Waals surface area contributed by atoms with E-state index in [4.69, 9.17) is 10.7 Å². The molecule has 1 aliphatic heterocycles. The Hall–Kier alpha value is -5.84. The lowest BCUT2D eigenvalue weighted by Crippen LogP contribution is -2.45. The predicted octanol–water partition coefficient (Wildman–Crippen LogP) is 2.35. The van der Waals surface area contributed by atoms with Crippen LogP contribution in [0.3, 0.4) is 0 Å². The molecule has 48 heavy (non-hydrogen) atoms. The van der Waals surface area contributed by atoms with Crippen LogP contribution in [0.4, 0.5) is 5.82 Å². The average molecular weight is 642 g/mol. The minimum Gasteiger partial charge on any atom is -0.381 e. The molecule has 13 heteroatoms. The summed E-state index contributed by atoms with van der Waals surface area (Å²) in [6, 6.07) is 15.6. The van der Waals surface area contributed by atoms with Crippen molar-refractivity contribution in [3.05, 3.63) is 112 Å². The number of aromatic nitrogens is 7. The summed E-state index contributed by atoms with van der Waals surface area (Å²) in [5, 5.41) is 12.0.